The summed E-state index contributed by atoms with van der Waals surface area (Å²) in [4.78, 5) is 3.76. The molecule has 3 aromatic rings. The van der Waals surface area contributed by atoms with Gasteiger partial charge in [-0.25, -0.2) is 13.1 Å². The van der Waals surface area contributed by atoms with Crippen molar-refractivity contribution in [2.45, 2.75) is 38.7 Å². The number of hydrogen-bond donors (Lipinski definition) is 2. The Balaban J connectivity index is 1.54. The Morgan fingerprint density at radius 3 is 2.62 bits per heavy atom. The predicted octanol–water partition coefficient (Wildman–Crippen LogP) is 5.11. The van der Waals surface area contributed by atoms with Crippen LogP contribution in [0.4, 0.5) is 5.69 Å². The van der Waals surface area contributed by atoms with Crippen molar-refractivity contribution >= 4 is 43.9 Å². The average Bonchev–Trinajstić information content (AvgIpc) is 3.34. The highest BCUT2D eigenvalue weighted by Gasteiger charge is 2.19. The normalized spacial score (nSPS) is 15.9. The van der Waals surface area contributed by atoms with Crippen molar-refractivity contribution in [1.82, 2.24) is 4.72 Å². The quantitative estimate of drug-likeness (QED) is 0.424. The molecule has 1 aliphatic rings. The molecule has 1 fully saturated rings. The van der Waals surface area contributed by atoms with E-state index in [4.69, 9.17) is 0 Å². The Morgan fingerprint density at radius 1 is 1.15 bits per heavy atom. The first-order valence-corrected chi connectivity index (χ1v) is 13.9. The number of aliphatic hydroxyl groups is 1. The van der Waals surface area contributed by atoms with E-state index in [9.17, 15) is 18.8 Å². The maximum Gasteiger partial charge on any atom is 0.250 e. The molecule has 1 unspecified atom stereocenters. The second-order valence-electron chi connectivity index (χ2n) is 8.53. The number of thiophene rings is 1. The molecule has 178 valence electrons. The Kier molecular flexibility index (Phi) is 7.69. The van der Waals surface area contributed by atoms with E-state index in [0.29, 0.717) is 11.3 Å². The van der Waals surface area contributed by atoms with Crippen molar-refractivity contribution in [2.75, 3.05) is 24.5 Å². The number of anilines is 1. The Morgan fingerprint density at radius 2 is 1.88 bits per heavy atom. The molecule has 34 heavy (non-hydrogen) atoms. The third-order valence-electron chi connectivity index (χ3n) is 6.11. The van der Waals surface area contributed by atoms with Crippen LogP contribution in [0, 0.1) is 11.3 Å². The summed E-state index contributed by atoms with van der Waals surface area (Å²) in [5.74, 6) is 0. The molecule has 0 bridgehead atoms. The van der Waals surface area contributed by atoms with Gasteiger partial charge in [-0.1, -0.05) is 25.1 Å². The summed E-state index contributed by atoms with van der Waals surface area (Å²) in [7, 11) is -3.98. The summed E-state index contributed by atoms with van der Waals surface area (Å²) in [5.41, 5.74) is 2.32. The standard InChI is InChI=1S/C26H29N3O3S2/c1-2-23(30)18-28-34(31,32)25(17-27)16-24-10-11-26(33-24)21-7-6-20-15-22(9-8-19(20)14-21)29-12-4-3-5-13-29/h6-11,14-16,23,28,30H,2-5,12-13,18H2,1H3/b25-16+. The molecule has 2 aromatic carbocycles. The molecule has 1 aromatic heterocycles. The number of piperidine rings is 1. The zero-order valence-electron chi connectivity index (χ0n) is 19.2. The molecule has 0 radical (unpaired) electrons. The number of nitriles is 1. The zero-order chi connectivity index (χ0) is 24.1. The van der Waals surface area contributed by atoms with Gasteiger partial charge < -0.3 is 10.0 Å². The van der Waals surface area contributed by atoms with E-state index < -0.39 is 16.1 Å². The molecule has 0 spiro atoms. The summed E-state index contributed by atoms with van der Waals surface area (Å²) < 4.78 is 27.2. The molecule has 4 rings (SSSR count). The van der Waals surface area contributed by atoms with E-state index in [1.165, 1.54) is 47.7 Å². The lowest BCUT2D eigenvalue weighted by molar-refractivity contribution is 0.174. The highest BCUT2D eigenvalue weighted by molar-refractivity contribution is 7.93. The molecule has 8 heteroatoms. The fraction of sp³-hybridized carbons (Fsp3) is 0.346. The van der Waals surface area contributed by atoms with Crippen LogP contribution in [-0.2, 0) is 10.0 Å². The second-order valence-corrected chi connectivity index (χ2v) is 11.4. The first-order chi connectivity index (χ1) is 16.4. The largest absolute Gasteiger partial charge is 0.392 e. The number of nitrogens with one attached hydrogen (secondary N) is 1. The minimum Gasteiger partial charge on any atom is -0.392 e. The summed E-state index contributed by atoms with van der Waals surface area (Å²) >= 11 is 1.43. The van der Waals surface area contributed by atoms with Crippen LogP contribution in [0.2, 0.25) is 0 Å². The van der Waals surface area contributed by atoms with Gasteiger partial charge in [-0.2, -0.15) is 5.26 Å². The van der Waals surface area contributed by atoms with Gasteiger partial charge in [0.25, 0.3) is 10.0 Å². The first kappa shape index (κ1) is 24.4. The van der Waals surface area contributed by atoms with Gasteiger partial charge in [0, 0.05) is 35.1 Å². The van der Waals surface area contributed by atoms with E-state index in [1.807, 2.05) is 12.1 Å². The minimum absolute atomic E-state index is 0.121. The monoisotopic (exact) mass is 495 g/mol. The van der Waals surface area contributed by atoms with Crippen molar-refractivity contribution in [3.8, 4) is 16.5 Å². The molecule has 0 saturated carbocycles. The molecule has 2 heterocycles. The first-order valence-electron chi connectivity index (χ1n) is 11.6. The van der Waals surface area contributed by atoms with Crippen molar-refractivity contribution < 1.29 is 13.5 Å². The van der Waals surface area contributed by atoms with Crippen LogP contribution in [0.1, 0.15) is 37.5 Å². The van der Waals surface area contributed by atoms with E-state index in [1.54, 1.807) is 13.0 Å². The summed E-state index contributed by atoms with van der Waals surface area (Å²) in [5, 5.41) is 21.4. The third-order valence-corrected chi connectivity index (χ3v) is 8.53. The summed E-state index contributed by atoms with van der Waals surface area (Å²) in [6, 6.07) is 18.5. The fourth-order valence-electron chi connectivity index (χ4n) is 4.05. The lowest BCUT2D eigenvalue weighted by atomic mass is 10.0. The molecule has 0 amide bonds. The van der Waals surface area contributed by atoms with Crippen molar-refractivity contribution in [2.24, 2.45) is 0 Å². The average molecular weight is 496 g/mol. The van der Waals surface area contributed by atoms with Crippen molar-refractivity contribution in [3.05, 3.63) is 58.3 Å². The summed E-state index contributed by atoms with van der Waals surface area (Å²) in [6.45, 7) is 3.87. The predicted molar refractivity (Wildman–Crippen MR) is 140 cm³/mol. The highest BCUT2D eigenvalue weighted by Crippen LogP contribution is 2.33. The number of benzene rings is 2. The number of sulfonamides is 1. The summed E-state index contributed by atoms with van der Waals surface area (Å²) in [6.07, 6.45) is 4.82. The molecule has 2 N–H and O–H groups in total. The third kappa shape index (κ3) is 5.68. The Hall–Kier alpha value is -2.70. The van der Waals surface area contributed by atoms with E-state index in [2.05, 4.69) is 46.0 Å². The van der Waals surface area contributed by atoms with Crippen molar-refractivity contribution in [3.63, 3.8) is 0 Å². The van der Waals surface area contributed by atoms with Gasteiger partial charge in [-0.05, 0) is 78.4 Å². The smallest absolute Gasteiger partial charge is 0.250 e. The molecular weight excluding hydrogens is 466 g/mol. The molecule has 1 atom stereocenters. The number of rotatable bonds is 8. The second kappa shape index (κ2) is 10.7. The maximum absolute atomic E-state index is 12.4. The molecule has 1 saturated heterocycles. The van der Waals surface area contributed by atoms with Gasteiger partial charge >= 0.3 is 0 Å². The van der Waals surface area contributed by atoms with Gasteiger partial charge in [0.2, 0.25) is 0 Å². The number of fused-ring (bicyclic) bond motifs is 1. The SMILES string of the molecule is CCC(O)CNS(=O)(=O)/C(C#N)=C/c1ccc(-c2ccc3cc(N4CCCCC4)ccc3c2)s1. The van der Waals surface area contributed by atoms with Crippen molar-refractivity contribution in [1.29, 1.82) is 5.26 Å². The van der Waals surface area contributed by atoms with Gasteiger partial charge in [-0.15, -0.1) is 11.3 Å². The topological polar surface area (TPSA) is 93.4 Å². The lowest BCUT2D eigenvalue weighted by Gasteiger charge is -2.29. The van der Waals surface area contributed by atoms with Gasteiger partial charge in [-0.3, -0.25) is 0 Å². The number of nitrogens with zero attached hydrogens (tertiary/aromatic N) is 2. The van der Waals surface area contributed by atoms with Crippen LogP contribution in [0.5, 0.6) is 0 Å². The van der Waals surface area contributed by atoms with Crippen LogP contribution in [0.3, 0.4) is 0 Å². The lowest BCUT2D eigenvalue weighted by Crippen LogP contribution is -2.32. The number of allylic oxidation sites excluding steroid dienone is 1. The number of aliphatic hydroxyl groups excluding tert-OH is 1. The van der Waals surface area contributed by atoms with Crippen LogP contribution in [-0.4, -0.2) is 39.3 Å². The molecule has 1 aliphatic heterocycles. The molecular formula is C26H29N3O3S2. The Labute approximate surface area is 205 Å². The van der Waals surface area contributed by atoms with E-state index in [-0.39, 0.29) is 11.4 Å². The van der Waals surface area contributed by atoms with Gasteiger partial charge in [0.1, 0.15) is 6.07 Å². The van der Waals surface area contributed by atoms with Gasteiger partial charge in [0.05, 0.1) is 6.10 Å². The van der Waals surface area contributed by atoms with Crippen LogP contribution in [0.15, 0.2) is 53.4 Å². The molecule has 6 nitrogen and oxygen atoms in total. The van der Waals surface area contributed by atoms with Crippen LogP contribution >= 0.6 is 11.3 Å². The van der Waals surface area contributed by atoms with Gasteiger partial charge in [0.15, 0.2) is 4.91 Å². The maximum atomic E-state index is 12.4. The molecule has 0 aliphatic carbocycles. The highest BCUT2D eigenvalue weighted by atomic mass is 32.2. The van der Waals surface area contributed by atoms with Crippen LogP contribution < -0.4 is 9.62 Å². The van der Waals surface area contributed by atoms with E-state index >= 15 is 0 Å². The Bertz CT molecular complexity index is 1330. The number of hydrogen-bond acceptors (Lipinski definition) is 6. The van der Waals surface area contributed by atoms with Crippen LogP contribution in [0.25, 0.3) is 27.3 Å². The zero-order valence-corrected chi connectivity index (χ0v) is 20.8. The fourth-order valence-corrected chi connectivity index (χ4v) is 6.04. The minimum atomic E-state index is -3.98. The van der Waals surface area contributed by atoms with E-state index in [0.717, 1.165) is 28.9 Å².